The van der Waals surface area contributed by atoms with Crippen LogP contribution in [0.5, 0.6) is 0 Å². The van der Waals surface area contributed by atoms with Crippen LogP contribution in [0.2, 0.25) is 0 Å². The highest BCUT2D eigenvalue weighted by atomic mass is 16.3. The molecule has 19 heavy (non-hydrogen) atoms. The number of hydrogen-bond acceptors (Lipinski definition) is 2. The fourth-order valence-corrected chi connectivity index (χ4v) is 2.86. The van der Waals surface area contributed by atoms with Gasteiger partial charge in [0.05, 0.1) is 6.04 Å². The van der Waals surface area contributed by atoms with Gasteiger partial charge in [-0.05, 0) is 36.3 Å². The quantitative estimate of drug-likeness (QED) is 0.848. The van der Waals surface area contributed by atoms with Crippen molar-refractivity contribution in [1.82, 2.24) is 0 Å². The summed E-state index contributed by atoms with van der Waals surface area (Å²) in [4.78, 5) is 0. The third-order valence-electron chi connectivity index (χ3n) is 3.43. The fraction of sp³-hybridized carbons (Fsp3) is 0.529. The standard InChI is InChI=1S/C17H25NO/c1-12(11-17(2,3)4)9-14(18)16-10-13-7-5-6-8-15(13)19-16/h5-8,10,12,14H,9,11,18H2,1-4H3. The van der Waals surface area contributed by atoms with E-state index in [2.05, 4.69) is 39.8 Å². The first-order chi connectivity index (χ1) is 8.85. The number of nitrogens with two attached hydrogens (primary N) is 1. The highest BCUT2D eigenvalue weighted by molar-refractivity contribution is 5.77. The summed E-state index contributed by atoms with van der Waals surface area (Å²) in [6, 6.07) is 10.1. The summed E-state index contributed by atoms with van der Waals surface area (Å²) in [5.41, 5.74) is 7.57. The first-order valence-electron chi connectivity index (χ1n) is 7.09. The zero-order chi connectivity index (χ0) is 14.0. The molecule has 2 unspecified atom stereocenters. The van der Waals surface area contributed by atoms with Crippen LogP contribution in [0.15, 0.2) is 34.7 Å². The predicted octanol–water partition coefficient (Wildman–Crippen LogP) is 4.90. The molecule has 2 N–H and O–H groups in total. The normalized spacial score (nSPS) is 15.6. The monoisotopic (exact) mass is 259 g/mol. The lowest BCUT2D eigenvalue weighted by Gasteiger charge is -2.24. The highest BCUT2D eigenvalue weighted by Crippen LogP contribution is 2.31. The van der Waals surface area contributed by atoms with E-state index in [1.54, 1.807) is 0 Å². The molecule has 0 aliphatic heterocycles. The minimum absolute atomic E-state index is 0.00949. The zero-order valence-corrected chi connectivity index (χ0v) is 12.4. The van der Waals surface area contributed by atoms with Crippen LogP contribution < -0.4 is 5.73 Å². The van der Waals surface area contributed by atoms with Crippen molar-refractivity contribution >= 4 is 11.0 Å². The Labute approximate surface area is 116 Å². The molecule has 1 aromatic carbocycles. The Kier molecular flexibility index (Phi) is 4.00. The molecule has 0 spiro atoms. The average molecular weight is 259 g/mol. The summed E-state index contributed by atoms with van der Waals surface area (Å²) in [5, 5.41) is 1.14. The molecule has 2 atom stereocenters. The molecule has 0 aliphatic rings. The first kappa shape index (κ1) is 14.1. The second-order valence-corrected chi connectivity index (χ2v) is 6.90. The van der Waals surface area contributed by atoms with Crippen molar-refractivity contribution in [3.63, 3.8) is 0 Å². The summed E-state index contributed by atoms with van der Waals surface area (Å²) in [7, 11) is 0. The molecule has 0 amide bonds. The van der Waals surface area contributed by atoms with Gasteiger partial charge >= 0.3 is 0 Å². The minimum atomic E-state index is -0.00949. The van der Waals surface area contributed by atoms with E-state index in [1.807, 2.05) is 18.2 Å². The van der Waals surface area contributed by atoms with Gasteiger partial charge in [0.2, 0.25) is 0 Å². The Morgan fingerprint density at radius 2 is 1.89 bits per heavy atom. The molecule has 0 saturated carbocycles. The number of fused-ring (bicyclic) bond motifs is 1. The molecule has 1 heterocycles. The second-order valence-electron chi connectivity index (χ2n) is 6.90. The van der Waals surface area contributed by atoms with Crippen molar-refractivity contribution in [2.75, 3.05) is 0 Å². The summed E-state index contributed by atoms with van der Waals surface area (Å²) in [6.07, 6.45) is 2.15. The molecule has 1 aromatic heterocycles. The van der Waals surface area contributed by atoms with E-state index in [4.69, 9.17) is 10.2 Å². The van der Waals surface area contributed by atoms with E-state index in [1.165, 1.54) is 6.42 Å². The molecule has 2 nitrogen and oxygen atoms in total. The van der Waals surface area contributed by atoms with E-state index in [9.17, 15) is 0 Å². The number of rotatable bonds is 4. The smallest absolute Gasteiger partial charge is 0.134 e. The highest BCUT2D eigenvalue weighted by Gasteiger charge is 2.20. The fourth-order valence-electron chi connectivity index (χ4n) is 2.86. The average Bonchev–Trinajstić information content (AvgIpc) is 2.69. The van der Waals surface area contributed by atoms with Gasteiger partial charge in [0.1, 0.15) is 11.3 Å². The summed E-state index contributed by atoms with van der Waals surface area (Å²) in [6.45, 7) is 9.09. The Hall–Kier alpha value is -1.28. The van der Waals surface area contributed by atoms with Crippen molar-refractivity contribution in [3.8, 4) is 0 Å². The van der Waals surface area contributed by atoms with Crippen molar-refractivity contribution in [2.24, 2.45) is 17.1 Å². The van der Waals surface area contributed by atoms with Gasteiger partial charge in [-0.15, -0.1) is 0 Å². The van der Waals surface area contributed by atoms with Gasteiger partial charge in [0.15, 0.2) is 0 Å². The Morgan fingerprint density at radius 3 is 2.53 bits per heavy atom. The van der Waals surface area contributed by atoms with Crippen LogP contribution in [-0.2, 0) is 0 Å². The SMILES string of the molecule is CC(CC(N)c1cc2ccccc2o1)CC(C)(C)C. The predicted molar refractivity (Wildman–Crippen MR) is 81.0 cm³/mol. The third-order valence-corrected chi connectivity index (χ3v) is 3.43. The number of benzene rings is 1. The summed E-state index contributed by atoms with van der Waals surface area (Å²) < 4.78 is 5.84. The minimum Gasteiger partial charge on any atom is -0.459 e. The van der Waals surface area contributed by atoms with E-state index < -0.39 is 0 Å². The molecule has 2 aromatic rings. The molecule has 0 bridgehead atoms. The molecule has 0 fully saturated rings. The van der Waals surface area contributed by atoms with Crippen molar-refractivity contribution in [3.05, 3.63) is 36.1 Å². The largest absolute Gasteiger partial charge is 0.459 e. The topological polar surface area (TPSA) is 39.2 Å². The van der Waals surface area contributed by atoms with Gasteiger partial charge in [-0.25, -0.2) is 0 Å². The molecule has 2 rings (SSSR count). The van der Waals surface area contributed by atoms with Crippen LogP contribution in [0.1, 0.15) is 52.3 Å². The molecule has 0 saturated heterocycles. The number of hydrogen-bond donors (Lipinski definition) is 1. The number of furan rings is 1. The van der Waals surface area contributed by atoms with Crippen LogP contribution in [0.3, 0.4) is 0 Å². The molecular formula is C17H25NO. The maximum absolute atomic E-state index is 6.28. The van der Waals surface area contributed by atoms with Gasteiger partial charge in [0.25, 0.3) is 0 Å². The Morgan fingerprint density at radius 1 is 1.21 bits per heavy atom. The van der Waals surface area contributed by atoms with E-state index in [0.717, 1.165) is 23.2 Å². The third kappa shape index (κ3) is 3.84. The second kappa shape index (κ2) is 5.38. The van der Waals surface area contributed by atoms with Crippen molar-refractivity contribution < 1.29 is 4.42 Å². The molecular weight excluding hydrogens is 234 g/mol. The lowest BCUT2D eigenvalue weighted by Crippen LogP contribution is -2.17. The van der Waals surface area contributed by atoms with E-state index in [-0.39, 0.29) is 6.04 Å². The maximum atomic E-state index is 6.28. The van der Waals surface area contributed by atoms with Crippen molar-refractivity contribution in [1.29, 1.82) is 0 Å². The zero-order valence-electron chi connectivity index (χ0n) is 12.4. The van der Waals surface area contributed by atoms with Crippen LogP contribution in [0.25, 0.3) is 11.0 Å². The van der Waals surface area contributed by atoms with Crippen molar-refractivity contribution in [2.45, 2.75) is 46.6 Å². The number of para-hydroxylation sites is 1. The lowest BCUT2D eigenvalue weighted by atomic mass is 9.83. The summed E-state index contributed by atoms with van der Waals surface area (Å²) >= 11 is 0. The molecule has 0 radical (unpaired) electrons. The van der Waals surface area contributed by atoms with Gasteiger partial charge < -0.3 is 10.2 Å². The van der Waals surface area contributed by atoms with Crippen LogP contribution in [0, 0.1) is 11.3 Å². The Bertz CT molecular complexity index is 502. The van der Waals surface area contributed by atoms with Gasteiger partial charge in [-0.1, -0.05) is 45.9 Å². The van der Waals surface area contributed by atoms with Gasteiger partial charge in [0, 0.05) is 5.39 Å². The first-order valence-corrected chi connectivity index (χ1v) is 7.09. The maximum Gasteiger partial charge on any atom is 0.134 e. The Balaban J connectivity index is 2.05. The van der Waals surface area contributed by atoms with Crippen LogP contribution in [0.4, 0.5) is 0 Å². The summed E-state index contributed by atoms with van der Waals surface area (Å²) in [5.74, 6) is 1.50. The van der Waals surface area contributed by atoms with E-state index >= 15 is 0 Å². The van der Waals surface area contributed by atoms with Gasteiger partial charge in [-0.2, -0.15) is 0 Å². The van der Waals surface area contributed by atoms with Gasteiger partial charge in [-0.3, -0.25) is 0 Å². The molecule has 0 aliphatic carbocycles. The molecule has 104 valence electrons. The lowest BCUT2D eigenvalue weighted by molar-refractivity contribution is 0.280. The van der Waals surface area contributed by atoms with Crippen LogP contribution in [-0.4, -0.2) is 0 Å². The van der Waals surface area contributed by atoms with E-state index in [0.29, 0.717) is 11.3 Å². The van der Waals surface area contributed by atoms with Crippen LogP contribution >= 0.6 is 0 Å². The molecule has 2 heteroatoms.